The Labute approximate surface area is 105 Å². The van der Waals surface area contributed by atoms with Gasteiger partial charge in [0.05, 0.1) is 12.4 Å². The quantitative estimate of drug-likeness (QED) is 0.651. The summed E-state index contributed by atoms with van der Waals surface area (Å²) in [6, 6.07) is 3.90. The lowest BCUT2D eigenvalue weighted by atomic mass is 10.3. The highest BCUT2D eigenvalue weighted by molar-refractivity contribution is 5.51. The molecular formula is C11H6F2N6. The molecule has 0 amide bonds. The van der Waals surface area contributed by atoms with Crippen molar-refractivity contribution in [3.8, 4) is 17.1 Å². The van der Waals surface area contributed by atoms with Crippen LogP contribution < -0.4 is 0 Å². The molecule has 3 rings (SSSR count). The number of aromatic nitrogens is 6. The fourth-order valence-electron chi connectivity index (χ4n) is 1.46. The fraction of sp³-hybridized carbons (Fsp3) is 0. The highest BCUT2D eigenvalue weighted by atomic mass is 19.1. The molecule has 0 N–H and O–H groups in total. The average molecular weight is 260 g/mol. The second-order valence-corrected chi connectivity index (χ2v) is 3.63. The van der Waals surface area contributed by atoms with E-state index in [9.17, 15) is 8.78 Å². The summed E-state index contributed by atoms with van der Waals surface area (Å²) in [7, 11) is 0. The Morgan fingerprint density at radius 1 is 1.05 bits per heavy atom. The van der Waals surface area contributed by atoms with Crippen LogP contribution in [0.5, 0.6) is 0 Å². The molecule has 0 atom stereocenters. The van der Waals surface area contributed by atoms with E-state index < -0.39 is 11.8 Å². The lowest BCUT2D eigenvalue weighted by Crippen LogP contribution is -2.00. The number of rotatable bonds is 2. The molecule has 3 aromatic heterocycles. The molecule has 0 saturated heterocycles. The Kier molecular flexibility index (Phi) is 2.67. The lowest BCUT2D eigenvalue weighted by Gasteiger charge is -1.96. The van der Waals surface area contributed by atoms with Crippen LogP contribution in [0.25, 0.3) is 17.1 Å². The number of pyridine rings is 2. The molecule has 3 heterocycles. The summed E-state index contributed by atoms with van der Waals surface area (Å²) in [6.07, 6.45) is 3.77. The van der Waals surface area contributed by atoms with Gasteiger partial charge < -0.3 is 0 Å². The van der Waals surface area contributed by atoms with Crippen LogP contribution in [0.15, 0.2) is 36.8 Å². The van der Waals surface area contributed by atoms with Crippen molar-refractivity contribution in [1.82, 2.24) is 30.2 Å². The van der Waals surface area contributed by atoms with Gasteiger partial charge in [-0.15, -0.1) is 15.0 Å². The van der Waals surface area contributed by atoms with Crippen molar-refractivity contribution in [3.05, 3.63) is 48.6 Å². The number of halogens is 2. The van der Waals surface area contributed by atoms with Crippen LogP contribution in [-0.2, 0) is 0 Å². The summed E-state index contributed by atoms with van der Waals surface area (Å²) in [4.78, 5) is 8.32. The average Bonchev–Trinajstić information content (AvgIpc) is 2.89. The van der Waals surface area contributed by atoms with E-state index in [0.29, 0.717) is 11.3 Å². The Morgan fingerprint density at radius 2 is 1.95 bits per heavy atom. The van der Waals surface area contributed by atoms with E-state index in [1.54, 1.807) is 0 Å². The number of hydrogen-bond donors (Lipinski definition) is 0. The Hall–Kier alpha value is -2.77. The first-order chi connectivity index (χ1) is 9.22. The van der Waals surface area contributed by atoms with Crippen LogP contribution in [0.4, 0.5) is 8.78 Å². The zero-order valence-electron chi connectivity index (χ0n) is 9.40. The van der Waals surface area contributed by atoms with Crippen LogP contribution in [0, 0.1) is 11.8 Å². The number of nitrogens with zero attached hydrogens (tertiary/aromatic N) is 6. The van der Waals surface area contributed by atoms with Crippen molar-refractivity contribution in [2.45, 2.75) is 0 Å². The first-order valence-electron chi connectivity index (χ1n) is 5.25. The van der Waals surface area contributed by atoms with Crippen molar-refractivity contribution >= 4 is 0 Å². The van der Waals surface area contributed by atoms with Gasteiger partial charge in [0, 0.05) is 17.8 Å². The maximum absolute atomic E-state index is 13.0. The molecule has 0 aromatic carbocycles. The highest BCUT2D eigenvalue weighted by Gasteiger charge is 2.08. The molecule has 0 radical (unpaired) electrons. The lowest BCUT2D eigenvalue weighted by molar-refractivity contribution is 0.584. The minimum absolute atomic E-state index is 0.261. The van der Waals surface area contributed by atoms with Crippen LogP contribution in [0.3, 0.4) is 0 Å². The standard InChI is InChI=1S/C11H6F2N6/c12-8-3-9(6-14-5-8)19-17-11(16-18-19)7-1-2-10(13)15-4-7/h1-6H. The molecule has 6 nitrogen and oxygen atoms in total. The van der Waals surface area contributed by atoms with E-state index in [0.717, 1.165) is 11.0 Å². The second-order valence-electron chi connectivity index (χ2n) is 3.63. The maximum Gasteiger partial charge on any atom is 0.212 e. The van der Waals surface area contributed by atoms with Gasteiger partial charge in [-0.2, -0.15) is 4.39 Å². The summed E-state index contributed by atoms with van der Waals surface area (Å²) in [6.45, 7) is 0. The van der Waals surface area contributed by atoms with Crippen LogP contribution in [-0.4, -0.2) is 30.2 Å². The molecular weight excluding hydrogens is 254 g/mol. The van der Waals surface area contributed by atoms with Gasteiger partial charge >= 0.3 is 0 Å². The monoisotopic (exact) mass is 260 g/mol. The normalized spacial score (nSPS) is 10.6. The van der Waals surface area contributed by atoms with E-state index in [1.165, 1.54) is 30.6 Å². The van der Waals surface area contributed by atoms with E-state index in [4.69, 9.17) is 0 Å². The summed E-state index contributed by atoms with van der Waals surface area (Å²) in [5, 5.41) is 11.6. The molecule has 0 spiro atoms. The van der Waals surface area contributed by atoms with E-state index in [-0.39, 0.29) is 5.82 Å². The molecule has 8 heteroatoms. The minimum Gasteiger partial charge on any atom is -0.259 e. The molecule has 0 bridgehead atoms. The van der Waals surface area contributed by atoms with Gasteiger partial charge in [-0.1, -0.05) is 0 Å². The summed E-state index contributed by atoms with van der Waals surface area (Å²) in [5.74, 6) is -0.831. The molecule has 94 valence electrons. The van der Waals surface area contributed by atoms with Crippen molar-refractivity contribution in [3.63, 3.8) is 0 Å². The third-order valence-electron chi connectivity index (χ3n) is 2.32. The predicted molar refractivity (Wildman–Crippen MR) is 60.1 cm³/mol. The van der Waals surface area contributed by atoms with Crippen molar-refractivity contribution < 1.29 is 8.78 Å². The van der Waals surface area contributed by atoms with E-state index in [1.807, 2.05) is 0 Å². The summed E-state index contributed by atoms with van der Waals surface area (Å²) in [5.41, 5.74) is 0.853. The largest absolute Gasteiger partial charge is 0.259 e. The van der Waals surface area contributed by atoms with Gasteiger partial charge in [0.25, 0.3) is 0 Å². The number of tetrazole rings is 1. The Balaban J connectivity index is 1.97. The topological polar surface area (TPSA) is 69.4 Å². The SMILES string of the molecule is Fc1cncc(-n2nnc(-c3ccc(F)nc3)n2)c1. The molecule has 0 aliphatic rings. The van der Waals surface area contributed by atoms with Gasteiger partial charge in [0.1, 0.15) is 11.5 Å². The third kappa shape index (κ3) is 2.28. The Bertz CT molecular complexity index is 709. The maximum atomic E-state index is 13.0. The molecule has 0 fully saturated rings. The van der Waals surface area contributed by atoms with Crippen molar-refractivity contribution in [2.75, 3.05) is 0 Å². The second kappa shape index (κ2) is 4.48. The summed E-state index contributed by atoms with van der Waals surface area (Å²) >= 11 is 0. The van der Waals surface area contributed by atoms with Crippen LogP contribution >= 0.6 is 0 Å². The van der Waals surface area contributed by atoms with Gasteiger partial charge in [-0.3, -0.25) is 4.98 Å². The van der Waals surface area contributed by atoms with Crippen molar-refractivity contribution in [1.29, 1.82) is 0 Å². The van der Waals surface area contributed by atoms with Gasteiger partial charge in [0.15, 0.2) is 0 Å². The molecule has 19 heavy (non-hydrogen) atoms. The minimum atomic E-state index is -0.592. The zero-order valence-corrected chi connectivity index (χ0v) is 9.40. The third-order valence-corrected chi connectivity index (χ3v) is 2.32. The van der Waals surface area contributed by atoms with Gasteiger partial charge in [-0.25, -0.2) is 9.37 Å². The number of hydrogen-bond acceptors (Lipinski definition) is 5. The predicted octanol–water partition coefficient (Wildman–Crippen LogP) is 1.40. The molecule has 0 saturated carbocycles. The summed E-state index contributed by atoms with van der Waals surface area (Å²) < 4.78 is 25.7. The zero-order chi connectivity index (χ0) is 13.2. The van der Waals surface area contributed by atoms with E-state index >= 15 is 0 Å². The first-order valence-corrected chi connectivity index (χ1v) is 5.25. The van der Waals surface area contributed by atoms with Crippen molar-refractivity contribution in [2.24, 2.45) is 0 Å². The molecule has 0 aliphatic carbocycles. The molecule has 0 unspecified atom stereocenters. The van der Waals surface area contributed by atoms with E-state index in [2.05, 4.69) is 25.4 Å². The smallest absolute Gasteiger partial charge is 0.212 e. The molecule has 3 aromatic rings. The van der Waals surface area contributed by atoms with Crippen LogP contribution in [0.1, 0.15) is 0 Å². The Morgan fingerprint density at radius 3 is 2.68 bits per heavy atom. The van der Waals surface area contributed by atoms with Gasteiger partial charge in [-0.05, 0) is 17.3 Å². The molecule has 0 aliphatic heterocycles. The highest BCUT2D eigenvalue weighted by Crippen LogP contribution is 2.13. The van der Waals surface area contributed by atoms with Gasteiger partial charge in [0.2, 0.25) is 11.8 Å². The fourth-order valence-corrected chi connectivity index (χ4v) is 1.46. The van der Waals surface area contributed by atoms with Crippen LogP contribution in [0.2, 0.25) is 0 Å². The first kappa shape index (κ1) is 11.3.